The van der Waals surface area contributed by atoms with Crippen molar-refractivity contribution in [3.63, 3.8) is 0 Å². The second kappa shape index (κ2) is 9.36. The van der Waals surface area contributed by atoms with E-state index in [0.717, 1.165) is 4.68 Å². The smallest absolute Gasteiger partial charge is 0.319 e. The van der Waals surface area contributed by atoms with Crippen molar-refractivity contribution in [2.75, 3.05) is 5.32 Å². The molecule has 0 aromatic carbocycles. The maximum absolute atomic E-state index is 13.1. The summed E-state index contributed by atoms with van der Waals surface area (Å²) in [6.07, 6.45) is -0.284. The van der Waals surface area contributed by atoms with Crippen molar-refractivity contribution in [2.45, 2.75) is 39.9 Å². The molecular weight excluding hydrogens is 432 g/mol. The van der Waals surface area contributed by atoms with Crippen LogP contribution >= 0.6 is 0 Å². The predicted molar refractivity (Wildman–Crippen MR) is 105 cm³/mol. The summed E-state index contributed by atoms with van der Waals surface area (Å²) < 4.78 is 33.5. The lowest BCUT2D eigenvalue weighted by atomic mass is 10.3. The van der Waals surface area contributed by atoms with Crippen LogP contribution in [-0.4, -0.2) is 36.3 Å². The predicted octanol–water partition coefficient (Wildman–Crippen LogP) is 2.42. The SMILES string of the molecule is CCn1cc(NC(=O)Cn2nc(C(F)F)c([N+](=O)[O-])c2C)c(C(=O)NCc2ccco2)n1. The average molecular weight is 451 g/mol. The molecule has 0 bridgehead atoms. The van der Waals surface area contributed by atoms with Gasteiger partial charge in [0.05, 0.1) is 23.4 Å². The summed E-state index contributed by atoms with van der Waals surface area (Å²) in [7, 11) is 0. The molecule has 0 radical (unpaired) electrons. The van der Waals surface area contributed by atoms with E-state index in [1.807, 2.05) is 0 Å². The minimum atomic E-state index is -3.18. The van der Waals surface area contributed by atoms with Crippen molar-refractivity contribution < 1.29 is 27.7 Å². The lowest BCUT2D eigenvalue weighted by Crippen LogP contribution is -2.26. The Morgan fingerprint density at radius 1 is 1.34 bits per heavy atom. The quantitative estimate of drug-likeness (QED) is 0.375. The third kappa shape index (κ3) is 4.79. The van der Waals surface area contributed by atoms with Gasteiger partial charge >= 0.3 is 5.69 Å². The van der Waals surface area contributed by atoms with Crippen molar-refractivity contribution in [1.82, 2.24) is 24.9 Å². The zero-order chi connectivity index (χ0) is 23.4. The van der Waals surface area contributed by atoms with Gasteiger partial charge in [-0.1, -0.05) is 0 Å². The summed E-state index contributed by atoms with van der Waals surface area (Å²) in [6, 6.07) is 3.34. The molecule has 170 valence electrons. The van der Waals surface area contributed by atoms with Gasteiger partial charge < -0.3 is 15.1 Å². The molecule has 3 rings (SSSR count). The summed E-state index contributed by atoms with van der Waals surface area (Å²) in [5, 5.41) is 23.8. The van der Waals surface area contributed by atoms with Crippen molar-refractivity contribution in [3.05, 3.63) is 57.5 Å². The highest BCUT2D eigenvalue weighted by Gasteiger charge is 2.31. The van der Waals surface area contributed by atoms with Crippen LogP contribution in [0.15, 0.2) is 29.0 Å². The van der Waals surface area contributed by atoms with Crippen molar-refractivity contribution in [2.24, 2.45) is 0 Å². The van der Waals surface area contributed by atoms with Crippen LogP contribution in [0.2, 0.25) is 0 Å². The molecule has 3 heterocycles. The molecule has 0 aliphatic carbocycles. The molecule has 0 spiro atoms. The van der Waals surface area contributed by atoms with Crippen LogP contribution in [0.5, 0.6) is 0 Å². The number of anilines is 1. The van der Waals surface area contributed by atoms with E-state index in [1.165, 1.54) is 24.1 Å². The Hall–Kier alpha value is -4.10. The van der Waals surface area contributed by atoms with Crippen LogP contribution < -0.4 is 10.6 Å². The maximum atomic E-state index is 13.1. The number of aromatic nitrogens is 4. The Morgan fingerprint density at radius 3 is 2.66 bits per heavy atom. The zero-order valence-corrected chi connectivity index (χ0v) is 17.0. The minimum Gasteiger partial charge on any atom is -0.467 e. The number of alkyl halides is 2. The van der Waals surface area contributed by atoms with Gasteiger partial charge in [0.15, 0.2) is 5.69 Å². The Morgan fingerprint density at radius 2 is 2.09 bits per heavy atom. The number of halogens is 2. The third-order valence-corrected chi connectivity index (χ3v) is 4.46. The largest absolute Gasteiger partial charge is 0.467 e. The number of furan rings is 1. The number of hydrogen-bond donors (Lipinski definition) is 2. The lowest BCUT2D eigenvalue weighted by molar-refractivity contribution is -0.386. The summed E-state index contributed by atoms with van der Waals surface area (Å²) in [5.41, 5.74) is -2.03. The van der Waals surface area contributed by atoms with E-state index in [4.69, 9.17) is 4.42 Å². The molecule has 2 amide bonds. The van der Waals surface area contributed by atoms with Gasteiger partial charge in [0.2, 0.25) is 11.6 Å². The number of nitrogens with one attached hydrogen (secondary N) is 2. The maximum Gasteiger partial charge on any atom is 0.319 e. The van der Waals surface area contributed by atoms with E-state index in [-0.39, 0.29) is 23.6 Å². The van der Waals surface area contributed by atoms with Crippen LogP contribution in [-0.2, 0) is 24.4 Å². The monoisotopic (exact) mass is 451 g/mol. The van der Waals surface area contributed by atoms with Gasteiger partial charge in [-0.15, -0.1) is 0 Å². The number of rotatable bonds is 9. The highest BCUT2D eigenvalue weighted by Crippen LogP contribution is 2.30. The van der Waals surface area contributed by atoms with E-state index in [2.05, 4.69) is 20.8 Å². The lowest BCUT2D eigenvalue weighted by Gasteiger charge is -2.07. The van der Waals surface area contributed by atoms with Crippen molar-refractivity contribution in [3.8, 4) is 0 Å². The summed E-state index contributed by atoms with van der Waals surface area (Å²) >= 11 is 0. The van der Waals surface area contributed by atoms with Gasteiger partial charge in [-0.05, 0) is 26.0 Å². The van der Waals surface area contributed by atoms with Gasteiger partial charge in [-0.2, -0.15) is 10.2 Å². The molecule has 0 aliphatic heterocycles. The van der Waals surface area contributed by atoms with Gasteiger partial charge in [0.1, 0.15) is 18.0 Å². The van der Waals surface area contributed by atoms with E-state index >= 15 is 0 Å². The molecule has 0 saturated carbocycles. The molecular formula is C18H19F2N7O5. The number of carbonyl (C=O) groups excluding carboxylic acids is 2. The first-order valence-corrected chi connectivity index (χ1v) is 9.39. The summed E-state index contributed by atoms with van der Waals surface area (Å²) in [6.45, 7) is 2.93. The number of nitro groups is 1. The Labute approximate surface area is 179 Å². The number of aryl methyl sites for hydroxylation is 1. The fourth-order valence-corrected chi connectivity index (χ4v) is 2.92. The first-order valence-electron chi connectivity index (χ1n) is 9.39. The highest BCUT2D eigenvalue weighted by molar-refractivity contribution is 6.02. The van der Waals surface area contributed by atoms with Crippen LogP contribution in [0.25, 0.3) is 0 Å². The van der Waals surface area contributed by atoms with Crippen molar-refractivity contribution in [1.29, 1.82) is 0 Å². The molecule has 14 heteroatoms. The standard InChI is InChI=1S/C18H19F2N7O5/c1-3-25-8-12(14(23-25)18(29)21-7-11-5-4-6-32-11)22-13(28)9-26-10(2)16(27(30)31)15(24-26)17(19)20/h4-6,8,17H,3,7,9H2,1-2H3,(H,21,29)(H,22,28). The molecule has 0 fully saturated rings. The molecule has 2 N–H and O–H groups in total. The Balaban J connectivity index is 1.76. The first kappa shape index (κ1) is 22.6. The zero-order valence-electron chi connectivity index (χ0n) is 17.0. The van der Waals surface area contributed by atoms with Gasteiger partial charge in [0, 0.05) is 12.7 Å². The second-order valence-electron chi connectivity index (χ2n) is 6.59. The topological polar surface area (TPSA) is 150 Å². The third-order valence-electron chi connectivity index (χ3n) is 4.46. The van der Waals surface area contributed by atoms with E-state index in [1.54, 1.807) is 19.1 Å². The van der Waals surface area contributed by atoms with E-state index < -0.39 is 41.1 Å². The number of carbonyl (C=O) groups is 2. The number of amides is 2. The summed E-state index contributed by atoms with van der Waals surface area (Å²) in [5.74, 6) is -0.790. The first-order chi connectivity index (χ1) is 15.2. The number of nitrogens with zero attached hydrogens (tertiary/aromatic N) is 5. The Bertz CT molecular complexity index is 1140. The normalized spacial score (nSPS) is 11.0. The Kier molecular flexibility index (Phi) is 6.61. The van der Waals surface area contributed by atoms with E-state index in [0.29, 0.717) is 12.3 Å². The molecule has 3 aromatic heterocycles. The van der Waals surface area contributed by atoms with Crippen LogP contribution in [0, 0.1) is 17.0 Å². The molecule has 12 nitrogen and oxygen atoms in total. The van der Waals surface area contributed by atoms with Crippen LogP contribution in [0.4, 0.5) is 20.2 Å². The molecule has 0 aliphatic rings. The van der Waals surface area contributed by atoms with Crippen LogP contribution in [0.1, 0.15) is 41.0 Å². The van der Waals surface area contributed by atoms with Crippen LogP contribution in [0.3, 0.4) is 0 Å². The molecule has 0 saturated heterocycles. The van der Waals surface area contributed by atoms with Crippen molar-refractivity contribution >= 4 is 23.2 Å². The summed E-state index contributed by atoms with van der Waals surface area (Å²) in [4.78, 5) is 35.2. The fraction of sp³-hybridized carbons (Fsp3) is 0.333. The minimum absolute atomic E-state index is 0.0665. The number of hydrogen-bond acceptors (Lipinski definition) is 7. The average Bonchev–Trinajstić information content (AvgIpc) is 3.46. The van der Waals surface area contributed by atoms with Gasteiger partial charge in [-0.25, -0.2) is 8.78 Å². The fourth-order valence-electron chi connectivity index (χ4n) is 2.92. The molecule has 32 heavy (non-hydrogen) atoms. The molecule has 3 aromatic rings. The molecule has 0 atom stereocenters. The van der Waals surface area contributed by atoms with Gasteiger partial charge in [0.25, 0.3) is 12.3 Å². The highest BCUT2D eigenvalue weighted by atomic mass is 19.3. The second-order valence-corrected chi connectivity index (χ2v) is 6.59. The molecule has 0 unspecified atom stereocenters. The van der Waals surface area contributed by atoms with E-state index in [9.17, 15) is 28.5 Å². The van der Waals surface area contributed by atoms with Gasteiger partial charge in [-0.3, -0.25) is 29.1 Å².